The second-order valence-corrected chi connectivity index (χ2v) is 5.96. The van der Waals surface area contributed by atoms with Crippen LogP contribution in [0.5, 0.6) is 0 Å². The van der Waals surface area contributed by atoms with Gasteiger partial charge >= 0.3 is 0 Å². The van der Waals surface area contributed by atoms with E-state index >= 15 is 0 Å². The fourth-order valence-electron chi connectivity index (χ4n) is 1.89. The number of hydrogen-bond donors (Lipinski definition) is 0. The summed E-state index contributed by atoms with van der Waals surface area (Å²) < 4.78 is 27.2. The molecule has 3 heterocycles. The van der Waals surface area contributed by atoms with Gasteiger partial charge in [-0.05, 0) is 18.6 Å². The van der Waals surface area contributed by atoms with E-state index in [0.29, 0.717) is 25.2 Å². The Morgan fingerprint density at radius 3 is 2.94 bits per heavy atom. The average Bonchev–Trinajstić information content (AvgIpc) is 2.94. The van der Waals surface area contributed by atoms with Crippen LogP contribution in [0.1, 0.15) is 6.42 Å². The normalized spacial score (nSPS) is 17.6. The summed E-state index contributed by atoms with van der Waals surface area (Å²) in [7, 11) is -3.77. The van der Waals surface area contributed by atoms with Crippen molar-refractivity contribution in [2.24, 2.45) is 0 Å². The molecule has 0 atom stereocenters. The molecule has 0 aromatic carbocycles. The number of rotatable bonds is 2. The van der Waals surface area contributed by atoms with Crippen molar-refractivity contribution >= 4 is 27.3 Å². The van der Waals surface area contributed by atoms with Gasteiger partial charge in [-0.3, -0.25) is 9.24 Å². The van der Waals surface area contributed by atoms with Crippen molar-refractivity contribution in [3.05, 3.63) is 29.5 Å². The molecule has 3 rings (SSSR count). The molecule has 96 valence electrons. The predicted octanol–water partition coefficient (Wildman–Crippen LogP) is 1.31. The number of sulfonamides is 1. The van der Waals surface area contributed by atoms with Crippen LogP contribution in [0.2, 0.25) is 5.15 Å². The van der Waals surface area contributed by atoms with Gasteiger partial charge in [0.1, 0.15) is 5.65 Å². The molecule has 2 aromatic rings. The summed E-state index contributed by atoms with van der Waals surface area (Å²) >= 11 is 5.94. The van der Waals surface area contributed by atoms with Crippen LogP contribution in [0.4, 0.5) is 0 Å². The maximum atomic E-state index is 12.4. The lowest BCUT2D eigenvalue weighted by Crippen LogP contribution is -2.28. The summed E-state index contributed by atoms with van der Waals surface area (Å²) in [6, 6.07) is 5.17. The van der Waals surface area contributed by atoms with E-state index in [1.165, 1.54) is 4.40 Å². The highest BCUT2D eigenvalue weighted by Crippen LogP contribution is 2.27. The molecule has 0 spiro atoms. The molecule has 0 N–H and O–H groups in total. The molecule has 2 aromatic heterocycles. The maximum Gasteiger partial charge on any atom is 0.284 e. The molecule has 0 amide bonds. The van der Waals surface area contributed by atoms with Gasteiger partial charge in [0.05, 0.1) is 6.61 Å². The van der Waals surface area contributed by atoms with E-state index in [0.717, 1.165) is 4.47 Å². The molecule has 1 aliphatic heterocycles. The first-order valence-corrected chi connectivity index (χ1v) is 7.21. The second kappa shape index (κ2) is 4.20. The molecule has 0 aliphatic carbocycles. The van der Waals surface area contributed by atoms with Crippen molar-refractivity contribution < 1.29 is 13.3 Å². The Morgan fingerprint density at radius 2 is 2.22 bits per heavy atom. The highest BCUT2D eigenvalue weighted by Gasteiger charge is 2.34. The van der Waals surface area contributed by atoms with Gasteiger partial charge in [0, 0.05) is 12.7 Å². The number of pyridine rings is 1. The summed E-state index contributed by atoms with van der Waals surface area (Å²) in [5.74, 6) is 0. The molecule has 18 heavy (non-hydrogen) atoms. The maximum absolute atomic E-state index is 12.4. The Balaban J connectivity index is 2.22. The average molecular weight is 288 g/mol. The molecule has 6 nitrogen and oxygen atoms in total. The summed E-state index contributed by atoms with van der Waals surface area (Å²) in [4.78, 5) is 9.11. The minimum atomic E-state index is -3.77. The number of halogens is 1. The quantitative estimate of drug-likeness (QED) is 0.835. The summed E-state index contributed by atoms with van der Waals surface area (Å²) in [6.07, 6.45) is 2.28. The molecule has 0 bridgehead atoms. The number of hydroxylamine groups is 1. The molecule has 1 fully saturated rings. The minimum Gasteiger partial charge on any atom is -0.288 e. The van der Waals surface area contributed by atoms with Crippen LogP contribution in [0.15, 0.2) is 29.4 Å². The number of imidazole rings is 1. The van der Waals surface area contributed by atoms with E-state index in [1.54, 1.807) is 24.4 Å². The molecule has 8 heteroatoms. The number of hydrogen-bond acceptors (Lipinski definition) is 4. The first-order chi connectivity index (χ1) is 8.60. The van der Waals surface area contributed by atoms with E-state index in [1.807, 2.05) is 0 Å². The Bertz CT molecular complexity index is 691. The van der Waals surface area contributed by atoms with Crippen molar-refractivity contribution in [1.29, 1.82) is 0 Å². The lowest BCUT2D eigenvalue weighted by molar-refractivity contribution is -0.0287. The van der Waals surface area contributed by atoms with Crippen molar-refractivity contribution in [2.75, 3.05) is 13.2 Å². The van der Waals surface area contributed by atoms with E-state index in [2.05, 4.69) is 4.98 Å². The minimum absolute atomic E-state index is 0.0447. The molecule has 1 saturated heterocycles. The standard InChI is InChI=1S/C10H10ClN3O3S/c11-9-10(13-5-2-1-4-8(13)12-9)18(15,16)14-6-3-7-17-14/h1-2,4-5H,3,6-7H2. The SMILES string of the molecule is O=S(=O)(c1c(Cl)nc2ccccn12)N1CCCO1. The van der Waals surface area contributed by atoms with Crippen LogP contribution in [0.3, 0.4) is 0 Å². The Hall–Kier alpha value is -1.15. The van der Waals surface area contributed by atoms with Crippen LogP contribution in [0, 0.1) is 0 Å². The van der Waals surface area contributed by atoms with Crippen molar-refractivity contribution in [2.45, 2.75) is 11.4 Å². The van der Waals surface area contributed by atoms with Gasteiger partial charge in [-0.15, -0.1) is 0 Å². The van der Waals surface area contributed by atoms with E-state index < -0.39 is 10.0 Å². The highest BCUT2D eigenvalue weighted by molar-refractivity contribution is 7.89. The fraction of sp³-hybridized carbons (Fsp3) is 0.300. The molecular weight excluding hydrogens is 278 g/mol. The van der Waals surface area contributed by atoms with E-state index in [4.69, 9.17) is 16.4 Å². The number of aromatic nitrogens is 2. The van der Waals surface area contributed by atoms with E-state index in [-0.39, 0.29) is 10.2 Å². The first-order valence-electron chi connectivity index (χ1n) is 5.39. The summed E-state index contributed by atoms with van der Waals surface area (Å²) in [5, 5.41) is -0.0987. The van der Waals surface area contributed by atoms with Gasteiger partial charge in [0.25, 0.3) is 10.0 Å². The Labute approximate surface area is 109 Å². The van der Waals surface area contributed by atoms with Crippen LogP contribution in [0.25, 0.3) is 5.65 Å². The van der Waals surface area contributed by atoms with E-state index in [9.17, 15) is 8.42 Å². The highest BCUT2D eigenvalue weighted by atomic mass is 35.5. The molecule has 0 radical (unpaired) electrons. The number of nitrogens with zero attached hydrogens (tertiary/aromatic N) is 3. The van der Waals surface area contributed by atoms with Crippen molar-refractivity contribution in [3.8, 4) is 0 Å². The van der Waals surface area contributed by atoms with Gasteiger partial charge < -0.3 is 0 Å². The van der Waals surface area contributed by atoms with Crippen LogP contribution < -0.4 is 0 Å². The second-order valence-electron chi connectivity index (χ2n) is 3.85. The third-order valence-corrected chi connectivity index (χ3v) is 4.76. The third kappa shape index (κ3) is 1.71. The number of fused-ring (bicyclic) bond motifs is 1. The first kappa shape index (κ1) is 11.9. The smallest absolute Gasteiger partial charge is 0.284 e. The van der Waals surface area contributed by atoms with Gasteiger partial charge in [0.15, 0.2) is 10.2 Å². The van der Waals surface area contributed by atoms with Gasteiger partial charge in [0.2, 0.25) is 0 Å². The zero-order valence-corrected chi connectivity index (χ0v) is 10.9. The van der Waals surface area contributed by atoms with Crippen LogP contribution in [-0.4, -0.2) is 35.4 Å². The molecule has 0 unspecified atom stereocenters. The largest absolute Gasteiger partial charge is 0.288 e. The van der Waals surface area contributed by atoms with Crippen LogP contribution in [-0.2, 0) is 14.9 Å². The molecule has 0 saturated carbocycles. The van der Waals surface area contributed by atoms with Crippen LogP contribution >= 0.6 is 11.6 Å². The lowest BCUT2D eigenvalue weighted by atomic mass is 10.5. The zero-order chi connectivity index (χ0) is 12.8. The monoisotopic (exact) mass is 287 g/mol. The fourth-order valence-corrected chi connectivity index (χ4v) is 3.79. The predicted molar refractivity (Wildman–Crippen MR) is 64.7 cm³/mol. The topological polar surface area (TPSA) is 63.9 Å². The van der Waals surface area contributed by atoms with Gasteiger partial charge in [-0.2, -0.15) is 0 Å². The summed E-state index contributed by atoms with van der Waals surface area (Å²) in [6.45, 7) is 0.728. The Morgan fingerprint density at radius 1 is 1.39 bits per heavy atom. The van der Waals surface area contributed by atoms with Crippen molar-refractivity contribution in [1.82, 2.24) is 13.9 Å². The lowest BCUT2D eigenvalue weighted by Gasteiger charge is -2.13. The molecular formula is C10H10ClN3O3S. The molecule has 1 aliphatic rings. The Kier molecular flexibility index (Phi) is 2.78. The summed E-state index contributed by atoms with van der Waals surface area (Å²) in [5.41, 5.74) is 0.486. The zero-order valence-electron chi connectivity index (χ0n) is 9.28. The van der Waals surface area contributed by atoms with Crippen molar-refractivity contribution in [3.63, 3.8) is 0 Å². The third-order valence-electron chi connectivity index (χ3n) is 2.68. The van der Waals surface area contributed by atoms with Gasteiger partial charge in [-0.25, -0.2) is 13.4 Å². The van der Waals surface area contributed by atoms with Gasteiger partial charge in [-0.1, -0.05) is 22.1 Å².